The number of ether oxygens (including phenoxy) is 2. The number of methoxy groups -OCH3 is 2. The highest BCUT2D eigenvalue weighted by Crippen LogP contribution is 2.29. The summed E-state index contributed by atoms with van der Waals surface area (Å²) in [5.74, 6) is 2.50. The minimum Gasteiger partial charge on any atom is -0.497 e. The number of carbonyl (C=O) groups is 1. The average Bonchev–Trinajstić information content (AvgIpc) is 2.98. The van der Waals surface area contributed by atoms with Crippen molar-refractivity contribution in [1.29, 1.82) is 0 Å². The molecule has 0 aliphatic rings. The Morgan fingerprint density at radius 2 is 2.08 bits per heavy atom. The molecule has 0 aliphatic heterocycles. The van der Waals surface area contributed by atoms with Gasteiger partial charge in [0.2, 0.25) is 5.91 Å². The van der Waals surface area contributed by atoms with E-state index >= 15 is 0 Å². The van der Waals surface area contributed by atoms with Gasteiger partial charge in [-0.05, 0) is 32.0 Å². The van der Waals surface area contributed by atoms with Crippen LogP contribution < -0.4 is 20.1 Å². The number of benzene rings is 1. The van der Waals surface area contributed by atoms with E-state index in [9.17, 15) is 4.79 Å². The van der Waals surface area contributed by atoms with Gasteiger partial charge in [0.05, 0.1) is 14.2 Å². The van der Waals surface area contributed by atoms with E-state index in [2.05, 4.69) is 15.8 Å². The zero-order chi connectivity index (χ0) is 17.5. The molecule has 1 atom stereocenters. The summed E-state index contributed by atoms with van der Waals surface area (Å²) in [5, 5.41) is 9.73. The molecule has 7 nitrogen and oxygen atoms in total. The first-order valence-electron chi connectivity index (χ1n) is 7.72. The van der Waals surface area contributed by atoms with E-state index in [1.165, 1.54) is 0 Å². The topological polar surface area (TPSA) is 85.6 Å². The number of hydrogen-bond donors (Lipinski definition) is 2. The fraction of sp³-hybridized carbons (Fsp3) is 0.412. The summed E-state index contributed by atoms with van der Waals surface area (Å²) in [6.45, 7) is 4.30. The maximum Gasteiger partial charge on any atom is 0.226 e. The van der Waals surface area contributed by atoms with Crippen LogP contribution in [0.1, 0.15) is 30.7 Å². The molecule has 1 heterocycles. The largest absolute Gasteiger partial charge is 0.497 e. The molecule has 1 aromatic heterocycles. The van der Waals surface area contributed by atoms with Crippen molar-refractivity contribution in [3.8, 4) is 11.5 Å². The lowest BCUT2D eigenvalue weighted by Gasteiger charge is -2.18. The van der Waals surface area contributed by atoms with Crippen LogP contribution in [0.25, 0.3) is 0 Å². The summed E-state index contributed by atoms with van der Waals surface area (Å²) in [5.41, 5.74) is 0.976. The Morgan fingerprint density at radius 3 is 2.71 bits per heavy atom. The van der Waals surface area contributed by atoms with Gasteiger partial charge in [0.25, 0.3) is 0 Å². The molecule has 0 fully saturated rings. The van der Waals surface area contributed by atoms with Crippen LogP contribution in [0.3, 0.4) is 0 Å². The minimum absolute atomic E-state index is 0.0112. The summed E-state index contributed by atoms with van der Waals surface area (Å²) < 4.78 is 15.5. The number of anilines is 1. The highest BCUT2D eigenvalue weighted by Gasteiger charge is 2.13. The molecule has 0 spiro atoms. The fourth-order valence-corrected chi connectivity index (χ4v) is 2.32. The Kier molecular flexibility index (Phi) is 6.20. The number of aryl methyl sites for hydroxylation is 1. The molecule has 1 unspecified atom stereocenters. The maximum atomic E-state index is 11.9. The number of amides is 1. The van der Waals surface area contributed by atoms with Crippen molar-refractivity contribution in [2.75, 3.05) is 26.1 Å². The van der Waals surface area contributed by atoms with Crippen molar-refractivity contribution in [2.24, 2.45) is 0 Å². The number of hydrogen-bond acceptors (Lipinski definition) is 6. The molecular weight excluding hydrogens is 310 g/mol. The molecule has 1 aromatic carbocycles. The normalized spacial score (nSPS) is 11.8. The van der Waals surface area contributed by atoms with E-state index in [-0.39, 0.29) is 11.9 Å². The highest BCUT2D eigenvalue weighted by atomic mass is 16.5. The van der Waals surface area contributed by atoms with E-state index in [0.29, 0.717) is 24.5 Å². The molecule has 7 heteroatoms. The third kappa shape index (κ3) is 4.73. The van der Waals surface area contributed by atoms with E-state index in [4.69, 9.17) is 14.0 Å². The molecule has 24 heavy (non-hydrogen) atoms. The quantitative estimate of drug-likeness (QED) is 0.772. The molecule has 0 aliphatic carbocycles. The molecule has 0 saturated carbocycles. The molecule has 2 rings (SSSR count). The number of rotatable bonds is 8. The fourth-order valence-electron chi connectivity index (χ4n) is 2.32. The second-order valence-electron chi connectivity index (χ2n) is 5.40. The summed E-state index contributed by atoms with van der Waals surface area (Å²) in [6, 6.07) is 7.33. The molecule has 130 valence electrons. The Bertz CT molecular complexity index is 684. The van der Waals surface area contributed by atoms with Crippen molar-refractivity contribution in [2.45, 2.75) is 26.3 Å². The number of nitrogens with zero attached hydrogens (tertiary/aromatic N) is 1. The SMILES string of the molecule is COc1ccc(OC)c(C(C)NCCC(=O)Nc2cc(C)on2)c1. The van der Waals surface area contributed by atoms with Gasteiger partial charge in [-0.25, -0.2) is 0 Å². The summed E-state index contributed by atoms with van der Waals surface area (Å²) in [6.07, 6.45) is 0.322. The molecule has 2 N–H and O–H groups in total. The highest BCUT2D eigenvalue weighted by molar-refractivity contribution is 5.89. The molecule has 0 bridgehead atoms. The van der Waals surface area contributed by atoms with Crippen molar-refractivity contribution >= 4 is 11.7 Å². The van der Waals surface area contributed by atoms with Gasteiger partial charge in [-0.3, -0.25) is 4.79 Å². The number of aromatic nitrogens is 1. The number of nitrogens with one attached hydrogen (secondary N) is 2. The van der Waals surface area contributed by atoms with Gasteiger partial charge in [-0.2, -0.15) is 0 Å². The molecular formula is C17H23N3O4. The third-order valence-electron chi connectivity index (χ3n) is 3.60. The lowest BCUT2D eigenvalue weighted by atomic mass is 10.1. The molecule has 0 saturated heterocycles. The summed E-state index contributed by atoms with van der Waals surface area (Å²) in [7, 11) is 3.25. The van der Waals surface area contributed by atoms with Gasteiger partial charge >= 0.3 is 0 Å². The van der Waals surface area contributed by atoms with E-state index < -0.39 is 0 Å². The van der Waals surface area contributed by atoms with Crippen LogP contribution in [-0.2, 0) is 4.79 Å². The van der Waals surface area contributed by atoms with Crippen LogP contribution >= 0.6 is 0 Å². The molecule has 2 aromatic rings. The Hall–Kier alpha value is -2.54. The van der Waals surface area contributed by atoms with Crippen LogP contribution in [0.4, 0.5) is 5.82 Å². The zero-order valence-corrected chi connectivity index (χ0v) is 14.4. The first-order chi connectivity index (χ1) is 11.5. The summed E-state index contributed by atoms with van der Waals surface area (Å²) in [4.78, 5) is 11.9. The van der Waals surface area contributed by atoms with Gasteiger partial charge in [0.1, 0.15) is 17.3 Å². The van der Waals surface area contributed by atoms with Crippen molar-refractivity contribution in [3.63, 3.8) is 0 Å². The maximum absolute atomic E-state index is 11.9. The standard InChI is InChI=1S/C17H23N3O4/c1-11-9-16(20-24-11)19-17(21)7-8-18-12(2)14-10-13(22-3)5-6-15(14)23-4/h5-6,9-10,12,18H,7-8H2,1-4H3,(H,19,20,21). The first-order valence-corrected chi connectivity index (χ1v) is 7.72. The van der Waals surface area contributed by atoms with Crippen LogP contribution in [0.2, 0.25) is 0 Å². The van der Waals surface area contributed by atoms with Gasteiger partial charge in [-0.1, -0.05) is 5.16 Å². The van der Waals surface area contributed by atoms with Crippen LogP contribution in [0, 0.1) is 6.92 Å². The van der Waals surface area contributed by atoms with Crippen molar-refractivity contribution in [1.82, 2.24) is 10.5 Å². The van der Waals surface area contributed by atoms with E-state index in [0.717, 1.165) is 17.1 Å². The zero-order valence-electron chi connectivity index (χ0n) is 14.4. The van der Waals surface area contributed by atoms with E-state index in [1.807, 2.05) is 25.1 Å². The van der Waals surface area contributed by atoms with Crippen molar-refractivity contribution in [3.05, 3.63) is 35.6 Å². The van der Waals surface area contributed by atoms with E-state index in [1.54, 1.807) is 27.2 Å². The Morgan fingerprint density at radius 1 is 1.29 bits per heavy atom. The second kappa shape index (κ2) is 8.35. The van der Waals surface area contributed by atoms with Crippen LogP contribution in [0.15, 0.2) is 28.8 Å². The third-order valence-corrected chi connectivity index (χ3v) is 3.60. The minimum atomic E-state index is -0.124. The van der Waals surface area contributed by atoms with Gasteiger partial charge in [0.15, 0.2) is 5.82 Å². The molecule has 0 radical (unpaired) electrons. The van der Waals surface area contributed by atoms with Gasteiger partial charge < -0.3 is 24.6 Å². The lowest BCUT2D eigenvalue weighted by molar-refractivity contribution is -0.116. The average molecular weight is 333 g/mol. The predicted molar refractivity (Wildman–Crippen MR) is 90.5 cm³/mol. The smallest absolute Gasteiger partial charge is 0.226 e. The summed E-state index contributed by atoms with van der Waals surface area (Å²) >= 11 is 0. The number of carbonyl (C=O) groups excluding carboxylic acids is 1. The van der Waals surface area contributed by atoms with Crippen molar-refractivity contribution < 1.29 is 18.8 Å². The monoisotopic (exact) mass is 333 g/mol. The predicted octanol–water partition coefficient (Wildman–Crippen LogP) is 2.68. The molecule has 1 amide bonds. The van der Waals surface area contributed by atoms with Crippen LogP contribution in [-0.4, -0.2) is 31.8 Å². The second-order valence-corrected chi connectivity index (χ2v) is 5.40. The van der Waals surface area contributed by atoms with Gasteiger partial charge in [-0.15, -0.1) is 0 Å². The van der Waals surface area contributed by atoms with Gasteiger partial charge in [0, 0.05) is 30.6 Å². The lowest BCUT2D eigenvalue weighted by Crippen LogP contribution is -2.24. The van der Waals surface area contributed by atoms with Crippen LogP contribution in [0.5, 0.6) is 11.5 Å². The Labute approximate surface area is 141 Å². The first kappa shape index (κ1) is 17.8. The Balaban J connectivity index is 1.86.